The Balaban J connectivity index is 2.35. The fourth-order valence-electron chi connectivity index (χ4n) is 1.91. The topological polar surface area (TPSA) is 72.2 Å². The standard InChI is InChI=1S/C15H13BrN2O3/c1-9-5-3-7-12(10(9)2)17-15(19)11-6-4-8-13(14(11)16)18(20)21/h3-8H,1-2H3,(H,17,19). The third kappa shape index (κ3) is 3.11. The lowest BCUT2D eigenvalue weighted by Crippen LogP contribution is -2.14. The van der Waals surface area contributed by atoms with Crippen molar-refractivity contribution in [3.63, 3.8) is 0 Å². The van der Waals surface area contributed by atoms with Crippen LogP contribution in [0.25, 0.3) is 0 Å². The number of rotatable bonds is 3. The Kier molecular flexibility index (Phi) is 4.37. The maximum absolute atomic E-state index is 12.3. The van der Waals surface area contributed by atoms with Crippen LogP contribution in [0.2, 0.25) is 0 Å². The average Bonchev–Trinajstić information content (AvgIpc) is 2.43. The Morgan fingerprint density at radius 2 is 1.86 bits per heavy atom. The monoisotopic (exact) mass is 348 g/mol. The number of hydrogen-bond acceptors (Lipinski definition) is 3. The van der Waals surface area contributed by atoms with Crippen molar-refractivity contribution < 1.29 is 9.72 Å². The maximum atomic E-state index is 12.3. The summed E-state index contributed by atoms with van der Waals surface area (Å²) in [4.78, 5) is 22.7. The van der Waals surface area contributed by atoms with E-state index in [2.05, 4.69) is 21.2 Å². The minimum atomic E-state index is -0.529. The Bertz CT molecular complexity index is 729. The lowest BCUT2D eigenvalue weighted by atomic mass is 10.1. The van der Waals surface area contributed by atoms with E-state index in [9.17, 15) is 14.9 Å². The summed E-state index contributed by atoms with van der Waals surface area (Å²) in [5.74, 6) is -0.390. The molecule has 0 saturated heterocycles. The molecule has 0 aliphatic heterocycles. The van der Waals surface area contributed by atoms with Gasteiger partial charge in [-0.3, -0.25) is 14.9 Å². The van der Waals surface area contributed by atoms with E-state index in [0.717, 1.165) is 11.1 Å². The molecule has 2 aromatic rings. The van der Waals surface area contributed by atoms with Gasteiger partial charge in [0.15, 0.2) is 0 Å². The summed E-state index contributed by atoms with van der Waals surface area (Å²) in [7, 11) is 0. The molecule has 1 amide bonds. The highest BCUT2D eigenvalue weighted by atomic mass is 79.9. The summed E-state index contributed by atoms with van der Waals surface area (Å²) >= 11 is 3.13. The Hall–Kier alpha value is -2.21. The van der Waals surface area contributed by atoms with E-state index >= 15 is 0 Å². The predicted molar refractivity (Wildman–Crippen MR) is 84.7 cm³/mol. The van der Waals surface area contributed by atoms with Gasteiger partial charge in [-0.05, 0) is 53.0 Å². The molecule has 0 aromatic heterocycles. The van der Waals surface area contributed by atoms with Gasteiger partial charge in [-0.25, -0.2) is 0 Å². The molecule has 6 heteroatoms. The van der Waals surface area contributed by atoms with Crippen molar-refractivity contribution in [2.45, 2.75) is 13.8 Å². The number of aryl methyl sites for hydroxylation is 1. The number of halogens is 1. The van der Waals surface area contributed by atoms with Crippen LogP contribution < -0.4 is 5.32 Å². The minimum Gasteiger partial charge on any atom is -0.322 e. The molecule has 5 nitrogen and oxygen atoms in total. The largest absolute Gasteiger partial charge is 0.322 e. The zero-order chi connectivity index (χ0) is 15.6. The van der Waals surface area contributed by atoms with Crippen LogP contribution in [0.5, 0.6) is 0 Å². The highest BCUT2D eigenvalue weighted by Crippen LogP contribution is 2.29. The van der Waals surface area contributed by atoms with Gasteiger partial charge in [0.05, 0.1) is 10.5 Å². The molecule has 21 heavy (non-hydrogen) atoms. The van der Waals surface area contributed by atoms with Crippen molar-refractivity contribution in [1.82, 2.24) is 0 Å². The smallest absolute Gasteiger partial charge is 0.284 e. The minimum absolute atomic E-state index is 0.136. The van der Waals surface area contributed by atoms with Crippen molar-refractivity contribution in [2.24, 2.45) is 0 Å². The van der Waals surface area contributed by atoms with Crippen molar-refractivity contribution in [3.05, 3.63) is 67.7 Å². The van der Waals surface area contributed by atoms with E-state index < -0.39 is 4.92 Å². The van der Waals surface area contributed by atoms with Crippen LogP contribution in [0.4, 0.5) is 11.4 Å². The van der Waals surface area contributed by atoms with Gasteiger partial charge >= 0.3 is 0 Å². The lowest BCUT2D eigenvalue weighted by Gasteiger charge is -2.11. The van der Waals surface area contributed by atoms with Crippen LogP contribution >= 0.6 is 15.9 Å². The summed E-state index contributed by atoms with van der Waals surface area (Å²) in [5, 5.41) is 13.7. The third-order valence-corrected chi connectivity index (χ3v) is 4.11. The molecule has 0 aliphatic rings. The van der Waals surface area contributed by atoms with Gasteiger partial charge in [0, 0.05) is 11.8 Å². The molecule has 1 N–H and O–H groups in total. The number of nitro benzene ring substituents is 1. The molecule has 0 spiro atoms. The predicted octanol–water partition coefficient (Wildman–Crippen LogP) is 4.23. The first-order valence-electron chi connectivity index (χ1n) is 6.22. The second-order valence-electron chi connectivity index (χ2n) is 4.60. The van der Waals surface area contributed by atoms with Crippen LogP contribution in [-0.4, -0.2) is 10.8 Å². The average molecular weight is 349 g/mol. The van der Waals surface area contributed by atoms with E-state index in [1.165, 1.54) is 18.2 Å². The van der Waals surface area contributed by atoms with Gasteiger partial charge in [0.25, 0.3) is 11.6 Å². The molecule has 2 rings (SSSR count). The van der Waals surface area contributed by atoms with Crippen LogP contribution in [-0.2, 0) is 0 Å². The van der Waals surface area contributed by atoms with Crippen molar-refractivity contribution in [1.29, 1.82) is 0 Å². The lowest BCUT2D eigenvalue weighted by molar-refractivity contribution is -0.385. The SMILES string of the molecule is Cc1cccc(NC(=O)c2cccc([N+](=O)[O-])c2Br)c1C. The number of carbonyl (C=O) groups is 1. The molecule has 0 saturated carbocycles. The first-order chi connectivity index (χ1) is 9.91. The quantitative estimate of drug-likeness (QED) is 0.666. The molecule has 0 aliphatic carbocycles. The summed E-state index contributed by atoms with van der Waals surface area (Å²) in [6.45, 7) is 3.86. The molecular weight excluding hydrogens is 336 g/mol. The van der Waals surface area contributed by atoms with E-state index in [4.69, 9.17) is 0 Å². The van der Waals surface area contributed by atoms with E-state index in [1.54, 1.807) is 6.07 Å². The van der Waals surface area contributed by atoms with E-state index in [-0.39, 0.29) is 21.6 Å². The third-order valence-electron chi connectivity index (χ3n) is 3.27. The molecule has 108 valence electrons. The molecule has 0 heterocycles. The Morgan fingerprint density at radius 3 is 2.52 bits per heavy atom. The van der Waals surface area contributed by atoms with E-state index in [1.807, 2.05) is 26.0 Å². The number of nitrogens with one attached hydrogen (secondary N) is 1. The first-order valence-corrected chi connectivity index (χ1v) is 7.01. The van der Waals surface area contributed by atoms with Crippen molar-refractivity contribution >= 4 is 33.2 Å². The zero-order valence-corrected chi connectivity index (χ0v) is 13.1. The molecule has 0 unspecified atom stereocenters. The fraction of sp³-hybridized carbons (Fsp3) is 0.133. The molecule has 2 aromatic carbocycles. The van der Waals surface area contributed by atoms with Crippen LogP contribution in [0, 0.1) is 24.0 Å². The number of benzene rings is 2. The number of amides is 1. The summed E-state index contributed by atoms with van der Waals surface area (Å²) < 4.78 is 0.179. The van der Waals surface area contributed by atoms with Gasteiger partial charge in [0.2, 0.25) is 0 Å². The van der Waals surface area contributed by atoms with Gasteiger partial charge in [0.1, 0.15) is 4.47 Å². The Labute approximate surface area is 130 Å². The van der Waals surface area contributed by atoms with Crippen LogP contribution in [0.3, 0.4) is 0 Å². The normalized spacial score (nSPS) is 10.2. The number of hydrogen-bond donors (Lipinski definition) is 1. The molecule has 0 radical (unpaired) electrons. The first kappa shape index (κ1) is 15.2. The molecule has 0 bridgehead atoms. The van der Waals surface area contributed by atoms with Gasteiger partial charge in [-0.15, -0.1) is 0 Å². The van der Waals surface area contributed by atoms with Gasteiger partial charge < -0.3 is 5.32 Å². The second kappa shape index (κ2) is 6.05. The van der Waals surface area contributed by atoms with Gasteiger partial charge in [-0.2, -0.15) is 0 Å². The number of nitro groups is 1. The second-order valence-corrected chi connectivity index (χ2v) is 5.39. The number of nitrogens with zero attached hydrogens (tertiary/aromatic N) is 1. The van der Waals surface area contributed by atoms with Crippen molar-refractivity contribution in [2.75, 3.05) is 5.32 Å². The van der Waals surface area contributed by atoms with Crippen LogP contribution in [0.15, 0.2) is 40.9 Å². The summed E-state index contributed by atoms with van der Waals surface area (Å²) in [6, 6.07) is 9.97. The Morgan fingerprint density at radius 1 is 1.19 bits per heavy atom. The number of anilines is 1. The van der Waals surface area contributed by atoms with Crippen LogP contribution in [0.1, 0.15) is 21.5 Å². The van der Waals surface area contributed by atoms with E-state index in [0.29, 0.717) is 5.69 Å². The maximum Gasteiger partial charge on any atom is 0.284 e. The molecular formula is C15H13BrN2O3. The number of carbonyl (C=O) groups excluding carboxylic acids is 1. The summed E-state index contributed by atoms with van der Waals surface area (Å²) in [6.07, 6.45) is 0. The molecule has 0 atom stereocenters. The summed E-state index contributed by atoms with van der Waals surface area (Å²) in [5.41, 5.74) is 2.81. The van der Waals surface area contributed by atoms with Gasteiger partial charge in [-0.1, -0.05) is 18.2 Å². The highest BCUT2D eigenvalue weighted by molar-refractivity contribution is 9.10. The highest BCUT2D eigenvalue weighted by Gasteiger charge is 2.19. The zero-order valence-electron chi connectivity index (χ0n) is 11.5. The fourth-order valence-corrected chi connectivity index (χ4v) is 2.50. The van der Waals surface area contributed by atoms with Crippen molar-refractivity contribution in [3.8, 4) is 0 Å². The molecule has 0 fully saturated rings.